The van der Waals surface area contributed by atoms with E-state index in [1.807, 2.05) is 12.1 Å². The van der Waals surface area contributed by atoms with Crippen LogP contribution in [-0.2, 0) is 16.0 Å². The number of hydrogen-bond acceptors (Lipinski definition) is 10. The number of ether oxygens (including phenoxy) is 2. The van der Waals surface area contributed by atoms with Gasteiger partial charge in [0, 0.05) is 6.21 Å². The van der Waals surface area contributed by atoms with E-state index in [0.29, 0.717) is 12.2 Å². The number of nitrogens with one attached hydrogen (secondary N) is 2. The van der Waals surface area contributed by atoms with Gasteiger partial charge in [0.2, 0.25) is 5.96 Å². The second-order valence-electron chi connectivity index (χ2n) is 6.72. The smallest absolute Gasteiger partial charge is 0.326 e. The summed E-state index contributed by atoms with van der Waals surface area (Å²) in [5.74, 6) is -1.37. The zero-order valence-electron chi connectivity index (χ0n) is 17.9. The molecule has 0 unspecified atom stereocenters. The molecule has 1 aromatic heterocycles. The molecule has 0 bridgehead atoms. The number of nitrogens with two attached hydrogens (primary N) is 3. The molecule has 33 heavy (non-hydrogen) atoms. The summed E-state index contributed by atoms with van der Waals surface area (Å²) in [6.45, 7) is 0.0233. The van der Waals surface area contributed by atoms with Gasteiger partial charge in [-0.05, 0) is 37.0 Å². The predicted octanol–water partition coefficient (Wildman–Crippen LogP) is 0.932. The number of carbonyl (C=O) groups excluding carboxylic acids is 2. The molecule has 13 heteroatoms. The van der Waals surface area contributed by atoms with Crippen LogP contribution in [0.15, 0.2) is 29.3 Å². The highest BCUT2D eigenvalue weighted by Crippen LogP contribution is 2.17. The van der Waals surface area contributed by atoms with Gasteiger partial charge < -0.3 is 26.7 Å². The maximum atomic E-state index is 12.1. The van der Waals surface area contributed by atoms with Gasteiger partial charge >= 0.3 is 5.97 Å². The average molecular weight is 477 g/mol. The van der Waals surface area contributed by atoms with E-state index < -0.39 is 17.9 Å². The molecule has 0 spiro atoms. The molecule has 176 valence electrons. The third-order valence-corrected chi connectivity index (χ3v) is 4.51. The second kappa shape index (κ2) is 12.3. The zero-order valence-corrected chi connectivity index (χ0v) is 18.6. The highest BCUT2D eigenvalue weighted by atomic mass is 35.5. The minimum atomic E-state index is -0.841. The fourth-order valence-corrected chi connectivity index (χ4v) is 2.65. The lowest BCUT2D eigenvalue weighted by molar-refractivity contribution is -0.142. The van der Waals surface area contributed by atoms with Crippen molar-refractivity contribution in [1.82, 2.24) is 15.3 Å². The number of carbonyl (C=O) groups is 2. The van der Waals surface area contributed by atoms with Gasteiger partial charge in [-0.1, -0.05) is 23.7 Å². The number of rotatable bonds is 9. The van der Waals surface area contributed by atoms with Gasteiger partial charge in [-0.3, -0.25) is 20.3 Å². The Morgan fingerprint density at radius 1 is 1.24 bits per heavy atom. The normalized spacial score (nSPS) is 11.7. The van der Waals surface area contributed by atoms with Gasteiger partial charge in [-0.2, -0.15) is 0 Å². The van der Waals surface area contributed by atoms with Crippen molar-refractivity contribution < 1.29 is 19.1 Å². The molecule has 1 heterocycles. The Morgan fingerprint density at radius 3 is 2.61 bits per heavy atom. The van der Waals surface area contributed by atoms with Crippen LogP contribution in [-0.4, -0.2) is 53.8 Å². The number of methoxy groups -OCH3 is 1. The number of benzene rings is 1. The average Bonchev–Trinajstić information content (AvgIpc) is 2.79. The molecule has 0 aliphatic rings. The number of aryl methyl sites for hydroxylation is 1. The number of guanidine groups is 1. The number of hydrogen-bond donors (Lipinski definition) is 5. The topological polar surface area (TPSA) is 205 Å². The lowest BCUT2D eigenvalue weighted by atomic mass is 10.1. The van der Waals surface area contributed by atoms with Crippen molar-refractivity contribution in [3.05, 3.63) is 40.7 Å². The third-order valence-electron chi connectivity index (χ3n) is 4.23. The number of amides is 1. The van der Waals surface area contributed by atoms with Crippen LogP contribution in [0.3, 0.4) is 0 Å². The summed E-state index contributed by atoms with van der Waals surface area (Å²) in [5, 5.41) is 9.82. The van der Waals surface area contributed by atoms with Crippen molar-refractivity contribution >= 4 is 47.3 Å². The second-order valence-corrected chi connectivity index (χ2v) is 7.08. The molecule has 0 radical (unpaired) electrons. The summed E-state index contributed by atoms with van der Waals surface area (Å²) >= 11 is 5.74. The largest absolute Gasteiger partial charge is 0.491 e. The molecule has 8 N–H and O–H groups in total. The minimum absolute atomic E-state index is 0.0233. The van der Waals surface area contributed by atoms with Gasteiger partial charge in [0.05, 0.1) is 7.11 Å². The van der Waals surface area contributed by atoms with Crippen molar-refractivity contribution in [1.29, 1.82) is 5.41 Å². The first-order valence-corrected chi connectivity index (χ1v) is 10.1. The molecule has 0 aliphatic carbocycles. The van der Waals surface area contributed by atoms with Crippen LogP contribution in [0, 0.1) is 5.41 Å². The summed E-state index contributed by atoms with van der Waals surface area (Å²) in [7, 11) is 1.27. The van der Waals surface area contributed by atoms with E-state index in [1.54, 1.807) is 12.1 Å². The lowest BCUT2D eigenvalue weighted by Crippen LogP contribution is -2.37. The Kier molecular flexibility index (Phi) is 9.51. The molecule has 0 saturated carbocycles. The molecule has 0 fully saturated rings. The van der Waals surface area contributed by atoms with Gasteiger partial charge in [-0.15, -0.1) is 0 Å². The highest BCUT2D eigenvalue weighted by Gasteiger charge is 2.17. The molecule has 1 atom stereocenters. The molecule has 2 rings (SSSR count). The number of esters is 1. The fourth-order valence-electron chi connectivity index (χ4n) is 2.52. The fraction of sp³-hybridized carbons (Fsp3) is 0.300. The zero-order chi connectivity index (χ0) is 24.4. The first kappa shape index (κ1) is 25.5. The summed E-state index contributed by atoms with van der Waals surface area (Å²) in [5.41, 5.74) is 17.5. The number of nitrogens with zero attached hydrogens (tertiary/aromatic N) is 3. The van der Waals surface area contributed by atoms with E-state index in [-0.39, 0.29) is 35.0 Å². The van der Waals surface area contributed by atoms with E-state index in [0.717, 1.165) is 18.4 Å². The lowest BCUT2D eigenvalue weighted by Gasteiger charge is -2.11. The number of halogens is 1. The van der Waals surface area contributed by atoms with Gasteiger partial charge in [0.1, 0.15) is 18.4 Å². The van der Waals surface area contributed by atoms with Crippen molar-refractivity contribution in [2.45, 2.75) is 25.3 Å². The van der Waals surface area contributed by atoms with E-state index in [9.17, 15) is 9.59 Å². The van der Waals surface area contributed by atoms with Crippen LogP contribution in [0.4, 0.5) is 11.6 Å². The van der Waals surface area contributed by atoms with E-state index in [2.05, 4.69) is 25.0 Å². The highest BCUT2D eigenvalue weighted by molar-refractivity contribution is 6.31. The van der Waals surface area contributed by atoms with Gasteiger partial charge in [-0.25, -0.2) is 15.0 Å². The molecule has 12 nitrogen and oxygen atoms in total. The quantitative estimate of drug-likeness (QED) is 0.151. The van der Waals surface area contributed by atoms with E-state index in [1.165, 1.54) is 13.3 Å². The number of unbranched alkanes of at least 4 members (excludes halogenated alkanes) is 1. The molecular weight excluding hydrogens is 452 g/mol. The van der Waals surface area contributed by atoms with Crippen molar-refractivity contribution in [3.8, 4) is 5.75 Å². The maximum absolute atomic E-state index is 12.1. The molecule has 1 amide bonds. The molecular formula is C20H25ClN8O4. The first-order chi connectivity index (χ1) is 15.7. The van der Waals surface area contributed by atoms with Crippen molar-refractivity contribution in [2.24, 2.45) is 10.7 Å². The number of nitrogen functional groups attached to an aromatic ring is 2. The first-order valence-electron chi connectivity index (χ1n) is 9.77. The summed E-state index contributed by atoms with van der Waals surface area (Å²) in [6.07, 6.45) is 3.65. The molecule has 0 aliphatic heterocycles. The van der Waals surface area contributed by atoms with E-state index >= 15 is 0 Å². The van der Waals surface area contributed by atoms with Crippen LogP contribution in [0.2, 0.25) is 5.15 Å². The Labute approximate surface area is 195 Å². The standard InChI is InChI=1S/C20H25ClN8O4/c1-32-19(31)13(22)10-33-12-7-5-11(6-8-12)4-2-3-9-26-20(25)29-18(30)14-16(23)28-17(24)15(21)27-14/h5-9,13H,2-4,10,22H2,1H3,(H4,23,24,28)(H2,25,29,30)/t13-/m0/s1. The van der Waals surface area contributed by atoms with Crippen LogP contribution in [0.1, 0.15) is 28.9 Å². The summed E-state index contributed by atoms with van der Waals surface area (Å²) < 4.78 is 10.0. The minimum Gasteiger partial charge on any atom is -0.491 e. The monoisotopic (exact) mass is 476 g/mol. The SMILES string of the molecule is COC(=O)[C@@H](N)COc1ccc(CCCC=NC(=N)NC(=O)c2nc(Cl)c(N)nc2N)cc1. The molecule has 0 saturated heterocycles. The number of anilines is 2. The van der Waals surface area contributed by atoms with Crippen molar-refractivity contribution in [3.63, 3.8) is 0 Å². The van der Waals surface area contributed by atoms with Gasteiger partial charge in [0.25, 0.3) is 5.91 Å². The molecule has 2 aromatic rings. The van der Waals surface area contributed by atoms with Crippen LogP contribution in [0.25, 0.3) is 0 Å². The number of aliphatic imine (C=N–C) groups is 1. The molecule has 1 aromatic carbocycles. The van der Waals surface area contributed by atoms with Crippen LogP contribution in [0.5, 0.6) is 5.75 Å². The van der Waals surface area contributed by atoms with Crippen molar-refractivity contribution in [2.75, 3.05) is 25.2 Å². The Morgan fingerprint density at radius 2 is 1.94 bits per heavy atom. The summed E-state index contributed by atoms with van der Waals surface area (Å²) in [4.78, 5) is 34.7. The van der Waals surface area contributed by atoms with Crippen LogP contribution >= 0.6 is 11.6 Å². The Balaban J connectivity index is 1.73. The Hall–Kier alpha value is -3.77. The van der Waals surface area contributed by atoms with E-state index in [4.69, 9.17) is 38.9 Å². The Bertz CT molecular complexity index is 1030. The third kappa shape index (κ3) is 8.01. The number of aromatic nitrogens is 2. The van der Waals surface area contributed by atoms with Gasteiger partial charge in [0.15, 0.2) is 22.5 Å². The maximum Gasteiger partial charge on any atom is 0.326 e. The summed E-state index contributed by atoms with van der Waals surface area (Å²) in [6, 6.07) is 6.54. The predicted molar refractivity (Wildman–Crippen MR) is 124 cm³/mol. The van der Waals surface area contributed by atoms with Crippen LogP contribution < -0.4 is 27.3 Å².